The van der Waals surface area contributed by atoms with Gasteiger partial charge in [-0.3, -0.25) is 4.57 Å². The molecule has 0 aliphatic heterocycles. The quantitative estimate of drug-likeness (QED) is 0.755. The topological polar surface area (TPSA) is 76.7 Å². The van der Waals surface area contributed by atoms with E-state index >= 15 is 0 Å². The lowest BCUT2D eigenvalue weighted by Crippen LogP contribution is -2.30. The SMILES string of the molecule is CCOP(=O)(CNC(=O)Nc1ccccc1)OCC. The fraction of sp³-hybridized carbons (Fsp3) is 0.417. The van der Waals surface area contributed by atoms with Crippen molar-refractivity contribution in [2.45, 2.75) is 13.8 Å². The highest BCUT2D eigenvalue weighted by Gasteiger charge is 2.24. The van der Waals surface area contributed by atoms with Crippen molar-refractivity contribution < 1.29 is 18.4 Å². The van der Waals surface area contributed by atoms with Gasteiger partial charge in [-0.1, -0.05) is 18.2 Å². The van der Waals surface area contributed by atoms with Crippen LogP contribution in [0.2, 0.25) is 0 Å². The van der Waals surface area contributed by atoms with Gasteiger partial charge >= 0.3 is 13.6 Å². The number of carbonyl (C=O) groups excluding carboxylic acids is 1. The molecule has 106 valence electrons. The number of hydrogen-bond donors (Lipinski definition) is 2. The minimum Gasteiger partial charge on any atom is -0.326 e. The van der Waals surface area contributed by atoms with Gasteiger partial charge in [0.25, 0.3) is 0 Å². The normalized spacial score (nSPS) is 11.1. The van der Waals surface area contributed by atoms with Crippen molar-refractivity contribution in [2.75, 3.05) is 24.8 Å². The summed E-state index contributed by atoms with van der Waals surface area (Å²) in [7, 11) is -3.25. The van der Waals surface area contributed by atoms with Crippen LogP contribution in [-0.4, -0.2) is 25.5 Å². The Morgan fingerprint density at radius 1 is 1.16 bits per heavy atom. The molecule has 0 saturated heterocycles. The Balaban J connectivity index is 2.46. The van der Waals surface area contributed by atoms with Gasteiger partial charge in [0.05, 0.1) is 13.2 Å². The molecule has 0 saturated carbocycles. The number of carbonyl (C=O) groups is 1. The van der Waals surface area contributed by atoms with E-state index in [2.05, 4.69) is 10.6 Å². The second-order valence-corrected chi connectivity index (χ2v) is 5.66. The molecule has 1 aromatic rings. The summed E-state index contributed by atoms with van der Waals surface area (Å²) in [6, 6.07) is 8.52. The monoisotopic (exact) mass is 286 g/mol. The number of hydrogen-bond acceptors (Lipinski definition) is 4. The highest BCUT2D eigenvalue weighted by molar-refractivity contribution is 7.53. The Bertz CT molecular complexity index is 429. The van der Waals surface area contributed by atoms with Gasteiger partial charge in [-0.2, -0.15) is 0 Å². The lowest BCUT2D eigenvalue weighted by Gasteiger charge is -2.17. The van der Waals surface area contributed by atoms with E-state index in [0.717, 1.165) is 0 Å². The Labute approximate surface area is 113 Å². The number of para-hydroxylation sites is 1. The molecule has 2 amide bonds. The minimum absolute atomic E-state index is 0.159. The summed E-state index contributed by atoms with van der Waals surface area (Å²) >= 11 is 0. The zero-order valence-electron chi connectivity index (χ0n) is 11.1. The number of urea groups is 1. The van der Waals surface area contributed by atoms with Crippen LogP contribution in [0.1, 0.15) is 13.8 Å². The first kappa shape index (κ1) is 15.7. The Morgan fingerprint density at radius 2 is 1.74 bits per heavy atom. The first-order chi connectivity index (χ1) is 9.09. The van der Waals surface area contributed by atoms with E-state index < -0.39 is 13.6 Å². The maximum absolute atomic E-state index is 12.1. The van der Waals surface area contributed by atoms with Crippen molar-refractivity contribution in [3.05, 3.63) is 30.3 Å². The fourth-order valence-electron chi connectivity index (χ4n) is 1.39. The molecule has 6 nitrogen and oxygen atoms in total. The lowest BCUT2D eigenvalue weighted by atomic mass is 10.3. The lowest BCUT2D eigenvalue weighted by molar-refractivity contribution is 0.216. The molecule has 19 heavy (non-hydrogen) atoms. The Hall–Kier alpha value is -1.36. The van der Waals surface area contributed by atoms with Crippen LogP contribution in [-0.2, 0) is 13.6 Å². The third-order valence-corrected chi connectivity index (χ3v) is 3.97. The predicted octanol–water partition coefficient (Wildman–Crippen LogP) is 3.03. The summed E-state index contributed by atoms with van der Waals surface area (Å²) in [5.41, 5.74) is 0.655. The van der Waals surface area contributed by atoms with Gasteiger partial charge in [0, 0.05) is 5.69 Å². The van der Waals surface area contributed by atoms with Gasteiger partial charge in [0.2, 0.25) is 0 Å². The van der Waals surface area contributed by atoms with E-state index in [1.807, 2.05) is 6.07 Å². The molecular weight excluding hydrogens is 267 g/mol. The number of amides is 2. The number of rotatable bonds is 7. The van der Waals surface area contributed by atoms with Gasteiger partial charge in [-0.25, -0.2) is 4.79 Å². The summed E-state index contributed by atoms with van der Waals surface area (Å²) in [4.78, 5) is 11.6. The molecule has 1 aromatic carbocycles. The molecule has 2 N–H and O–H groups in total. The van der Waals surface area contributed by atoms with Crippen LogP contribution in [0.5, 0.6) is 0 Å². The molecule has 0 radical (unpaired) electrons. The third kappa shape index (κ3) is 5.87. The van der Waals surface area contributed by atoms with E-state index in [-0.39, 0.29) is 19.5 Å². The van der Waals surface area contributed by atoms with Crippen molar-refractivity contribution in [1.82, 2.24) is 5.32 Å². The maximum Gasteiger partial charge on any atom is 0.349 e. The standard InChI is InChI=1S/C12H19N2O4P/c1-3-17-19(16,18-4-2)10-13-12(15)14-11-8-6-5-7-9-11/h5-9H,3-4,10H2,1-2H3,(H2,13,14,15). The average Bonchev–Trinajstić information content (AvgIpc) is 2.38. The molecule has 7 heteroatoms. The third-order valence-electron chi connectivity index (χ3n) is 2.12. The molecule has 0 heterocycles. The van der Waals surface area contributed by atoms with Gasteiger partial charge in [-0.05, 0) is 26.0 Å². The second-order valence-electron chi connectivity index (χ2n) is 3.60. The highest BCUT2D eigenvalue weighted by atomic mass is 31.2. The largest absolute Gasteiger partial charge is 0.349 e. The van der Waals surface area contributed by atoms with Crippen molar-refractivity contribution in [3.63, 3.8) is 0 Å². The first-order valence-electron chi connectivity index (χ1n) is 6.07. The molecule has 0 fully saturated rings. The molecule has 0 spiro atoms. The van der Waals surface area contributed by atoms with E-state index in [1.165, 1.54) is 0 Å². The summed E-state index contributed by atoms with van der Waals surface area (Å²) in [6.07, 6.45) is -0.159. The molecule has 0 unspecified atom stereocenters. The highest BCUT2D eigenvalue weighted by Crippen LogP contribution is 2.46. The van der Waals surface area contributed by atoms with Gasteiger partial charge < -0.3 is 19.7 Å². The van der Waals surface area contributed by atoms with Gasteiger partial charge in [0.15, 0.2) is 0 Å². The summed E-state index contributed by atoms with van der Waals surface area (Å²) in [5.74, 6) is 0. The van der Waals surface area contributed by atoms with Crippen molar-refractivity contribution in [1.29, 1.82) is 0 Å². The van der Waals surface area contributed by atoms with E-state index in [4.69, 9.17) is 9.05 Å². The second kappa shape index (κ2) is 7.94. The minimum atomic E-state index is -3.25. The Kier molecular flexibility index (Phi) is 6.56. The zero-order valence-corrected chi connectivity index (χ0v) is 12.0. The van der Waals surface area contributed by atoms with Crippen LogP contribution in [0.4, 0.5) is 10.5 Å². The zero-order chi connectivity index (χ0) is 14.1. The molecule has 0 aliphatic rings. The molecule has 0 aromatic heterocycles. The molecule has 1 rings (SSSR count). The van der Waals surface area contributed by atoms with Crippen LogP contribution in [0, 0.1) is 0 Å². The van der Waals surface area contributed by atoms with Crippen molar-refractivity contribution in [3.8, 4) is 0 Å². The first-order valence-corrected chi connectivity index (χ1v) is 7.80. The van der Waals surface area contributed by atoms with E-state index in [0.29, 0.717) is 5.69 Å². The van der Waals surface area contributed by atoms with Crippen molar-refractivity contribution in [2.24, 2.45) is 0 Å². The number of anilines is 1. The van der Waals surface area contributed by atoms with Crippen LogP contribution >= 0.6 is 7.60 Å². The number of nitrogens with one attached hydrogen (secondary N) is 2. The molecule has 0 aliphatic carbocycles. The Morgan fingerprint density at radius 3 is 2.26 bits per heavy atom. The average molecular weight is 286 g/mol. The van der Waals surface area contributed by atoms with Gasteiger partial charge in [-0.15, -0.1) is 0 Å². The van der Waals surface area contributed by atoms with E-state index in [1.54, 1.807) is 38.1 Å². The van der Waals surface area contributed by atoms with E-state index in [9.17, 15) is 9.36 Å². The molecule has 0 bridgehead atoms. The number of benzene rings is 1. The predicted molar refractivity (Wildman–Crippen MR) is 74.3 cm³/mol. The summed E-state index contributed by atoms with van der Waals surface area (Å²) in [6.45, 7) is 3.96. The van der Waals surface area contributed by atoms with Crippen LogP contribution < -0.4 is 10.6 Å². The molecule has 0 atom stereocenters. The fourth-order valence-corrected chi connectivity index (χ4v) is 2.77. The van der Waals surface area contributed by atoms with Crippen LogP contribution in [0.15, 0.2) is 30.3 Å². The van der Waals surface area contributed by atoms with Crippen LogP contribution in [0.3, 0.4) is 0 Å². The molecular formula is C12H19N2O4P. The maximum atomic E-state index is 12.1. The summed E-state index contributed by atoms with van der Waals surface area (Å²) < 4.78 is 22.2. The van der Waals surface area contributed by atoms with Crippen molar-refractivity contribution >= 4 is 19.3 Å². The van der Waals surface area contributed by atoms with Crippen LogP contribution in [0.25, 0.3) is 0 Å². The van der Waals surface area contributed by atoms with Gasteiger partial charge in [0.1, 0.15) is 6.29 Å². The smallest absolute Gasteiger partial charge is 0.326 e. The summed E-state index contributed by atoms with van der Waals surface area (Å²) in [5, 5.41) is 5.09.